The number of fused-ring (bicyclic) bond motifs is 1. The molecule has 0 saturated heterocycles. The Balaban J connectivity index is 2.01. The van der Waals surface area contributed by atoms with Crippen molar-refractivity contribution in [2.75, 3.05) is 0 Å². The topological polar surface area (TPSA) is 47.3 Å². The molecule has 108 valence electrons. The summed E-state index contributed by atoms with van der Waals surface area (Å²) in [5, 5.41) is 9.23. The molecule has 0 aliphatic carbocycles. The molecule has 0 atom stereocenters. The lowest BCUT2D eigenvalue weighted by Gasteiger charge is -2.08. The summed E-state index contributed by atoms with van der Waals surface area (Å²) in [6.45, 7) is 1.75. The van der Waals surface area contributed by atoms with E-state index in [2.05, 4.69) is 4.98 Å². The van der Waals surface area contributed by atoms with E-state index in [-0.39, 0.29) is 12.4 Å². The zero-order valence-electron chi connectivity index (χ0n) is 11.8. The normalized spacial score (nSPS) is 11.0. The first-order chi connectivity index (χ1) is 10.1. The minimum absolute atomic E-state index is 0.131. The van der Waals surface area contributed by atoms with Gasteiger partial charge in [-0.2, -0.15) is 0 Å². The fraction of sp³-hybridized carbons (Fsp3) is 0.188. The van der Waals surface area contributed by atoms with Crippen molar-refractivity contribution in [1.82, 2.24) is 9.55 Å². The molecule has 0 unspecified atom stereocenters. The van der Waals surface area contributed by atoms with Crippen LogP contribution in [0.2, 0.25) is 0 Å². The maximum absolute atomic E-state index is 13.7. The van der Waals surface area contributed by atoms with Crippen LogP contribution >= 0.6 is 0 Å². The summed E-state index contributed by atoms with van der Waals surface area (Å²) in [5.74, 6) is 0.893. The SMILES string of the molecule is Cc1ccc(F)c(Oc2ccc3nc(CO)n(C)c3c2)c1. The lowest BCUT2D eigenvalue weighted by Crippen LogP contribution is -1.96. The summed E-state index contributed by atoms with van der Waals surface area (Å²) in [5.41, 5.74) is 2.51. The molecule has 1 heterocycles. The van der Waals surface area contributed by atoms with Gasteiger partial charge in [-0.1, -0.05) is 6.07 Å². The monoisotopic (exact) mass is 286 g/mol. The van der Waals surface area contributed by atoms with Crippen molar-refractivity contribution in [2.45, 2.75) is 13.5 Å². The van der Waals surface area contributed by atoms with Crippen LogP contribution in [0.5, 0.6) is 11.5 Å². The number of benzene rings is 2. The average molecular weight is 286 g/mol. The lowest BCUT2D eigenvalue weighted by molar-refractivity contribution is 0.268. The predicted molar refractivity (Wildman–Crippen MR) is 77.8 cm³/mol. The molecule has 0 fully saturated rings. The summed E-state index contributed by atoms with van der Waals surface area (Å²) in [4.78, 5) is 4.29. The zero-order valence-corrected chi connectivity index (χ0v) is 11.8. The molecule has 0 aliphatic rings. The number of hydrogen-bond donors (Lipinski definition) is 1. The van der Waals surface area contributed by atoms with Crippen molar-refractivity contribution < 1.29 is 14.2 Å². The van der Waals surface area contributed by atoms with Crippen molar-refractivity contribution in [2.24, 2.45) is 7.05 Å². The molecule has 2 aromatic carbocycles. The van der Waals surface area contributed by atoms with E-state index in [0.29, 0.717) is 11.6 Å². The largest absolute Gasteiger partial charge is 0.454 e. The molecular weight excluding hydrogens is 271 g/mol. The molecule has 21 heavy (non-hydrogen) atoms. The Kier molecular flexibility index (Phi) is 3.35. The third kappa shape index (κ3) is 2.48. The molecule has 3 aromatic rings. The van der Waals surface area contributed by atoms with Crippen molar-refractivity contribution in [1.29, 1.82) is 0 Å². The summed E-state index contributed by atoms with van der Waals surface area (Å²) in [7, 11) is 1.82. The standard InChI is InChI=1S/C16H15FN2O2/c1-10-3-5-12(17)15(7-10)21-11-4-6-13-14(8-11)19(2)16(9-20)18-13/h3-8,20H,9H2,1-2H3. The number of hydrogen-bond acceptors (Lipinski definition) is 3. The summed E-state index contributed by atoms with van der Waals surface area (Å²) in [6.07, 6.45) is 0. The molecular formula is C16H15FN2O2. The fourth-order valence-corrected chi connectivity index (χ4v) is 2.24. The highest BCUT2D eigenvalue weighted by molar-refractivity contribution is 5.77. The first kappa shape index (κ1) is 13.6. The highest BCUT2D eigenvalue weighted by atomic mass is 19.1. The van der Waals surface area contributed by atoms with E-state index in [1.54, 1.807) is 34.9 Å². The number of aryl methyl sites for hydroxylation is 2. The number of nitrogens with zero attached hydrogens (tertiary/aromatic N) is 2. The molecule has 4 nitrogen and oxygen atoms in total. The van der Waals surface area contributed by atoms with E-state index in [1.807, 2.05) is 14.0 Å². The van der Waals surface area contributed by atoms with Crippen LogP contribution < -0.4 is 4.74 Å². The molecule has 0 aliphatic heterocycles. The van der Waals surface area contributed by atoms with E-state index in [1.165, 1.54) is 6.07 Å². The highest BCUT2D eigenvalue weighted by Crippen LogP contribution is 2.28. The Morgan fingerprint density at radius 1 is 1.24 bits per heavy atom. The summed E-state index contributed by atoms with van der Waals surface area (Å²) in [6, 6.07) is 10.0. The second-order valence-corrected chi connectivity index (χ2v) is 4.93. The molecule has 0 radical (unpaired) electrons. The van der Waals surface area contributed by atoms with Crippen molar-refractivity contribution in [3.05, 3.63) is 53.6 Å². The van der Waals surface area contributed by atoms with Gasteiger partial charge in [0.25, 0.3) is 0 Å². The van der Waals surface area contributed by atoms with Gasteiger partial charge in [0.1, 0.15) is 18.2 Å². The van der Waals surface area contributed by atoms with Crippen molar-refractivity contribution in [3.8, 4) is 11.5 Å². The average Bonchev–Trinajstić information content (AvgIpc) is 2.79. The van der Waals surface area contributed by atoms with Crippen molar-refractivity contribution >= 4 is 11.0 Å². The van der Waals surface area contributed by atoms with Crippen LogP contribution in [-0.4, -0.2) is 14.7 Å². The van der Waals surface area contributed by atoms with Gasteiger partial charge in [-0.25, -0.2) is 9.37 Å². The number of aliphatic hydroxyl groups is 1. The highest BCUT2D eigenvalue weighted by Gasteiger charge is 2.10. The van der Waals surface area contributed by atoms with E-state index in [0.717, 1.165) is 16.6 Å². The molecule has 0 spiro atoms. The van der Waals surface area contributed by atoms with Crippen LogP contribution in [0.15, 0.2) is 36.4 Å². The maximum Gasteiger partial charge on any atom is 0.165 e. The number of rotatable bonds is 3. The first-order valence-electron chi connectivity index (χ1n) is 6.58. The Labute approximate surface area is 121 Å². The Morgan fingerprint density at radius 3 is 2.81 bits per heavy atom. The van der Waals surface area contributed by atoms with Crippen LogP contribution in [0, 0.1) is 12.7 Å². The second-order valence-electron chi connectivity index (χ2n) is 4.93. The maximum atomic E-state index is 13.7. The van der Waals surface area contributed by atoms with Gasteiger partial charge >= 0.3 is 0 Å². The van der Waals surface area contributed by atoms with Gasteiger partial charge in [0.15, 0.2) is 11.6 Å². The van der Waals surface area contributed by atoms with Gasteiger partial charge in [-0.15, -0.1) is 0 Å². The molecule has 0 amide bonds. The van der Waals surface area contributed by atoms with E-state index in [9.17, 15) is 9.50 Å². The number of aromatic nitrogens is 2. The van der Waals surface area contributed by atoms with Crippen LogP contribution in [-0.2, 0) is 13.7 Å². The third-order valence-electron chi connectivity index (χ3n) is 3.40. The molecule has 5 heteroatoms. The number of imidazole rings is 1. The van der Waals surface area contributed by atoms with Crippen LogP contribution in [0.3, 0.4) is 0 Å². The summed E-state index contributed by atoms with van der Waals surface area (Å²) < 4.78 is 21.1. The third-order valence-corrected chi connectivity index (χ3v) is 3.40. The minimum atomic E-state index is -0.401. The fourth-order valence-electron chi connectivity index (χ4n) is 2.24. The summed E-state index contributed by atoms with van der Waals surface area (Å²) >= 11 is 0. The van der Waals surface area contributed by atoms with E-state index < -0.39 is 5.82 Å². The van der Waals surface area contributed by atoms with Crippen molar-refractivity contribution in [3.63, 3.8) is 0 Å². The Morgan fingerprint density at radius 2 is 2.05 bits per heavy atom. The van der Waals surface area contributed by atoms with Gasteiger partial charge < -0.3 is 14.4 Å². The Hall–Kier alpha value is -2.40. The smallest absolute Gasteiger partial charge is 0.165 e. The lowest BCUT2D eigenvalue weighted by atomic mass is 10.2. The molecule has 1 N–H and O–H groups in total. The Bertz CT molecular complexity index is 811. The van der Waals surface area contributed by atoms with Crippen LogP contribution in [0.1, 0.15) is 11.4 Å². The first-order valence-corrected chi connectivity index (χ1v) is 6.58. The zero-order chi connectivity index (χ0) is 15.0. The van der Waals surface area contributed by atoms with Gasteiger partial charge in [0.2, 0.25) is 0 Å². The van der Waals surface area contributed by atoms with E-state index >= 15 is 0 Å². The molecule has 0 saturated carbocycles. The van der Waals surface area contributed by atoms with Gasteiger partial charge in [0.05, 0.1) is 11.0 Å². The number of aliphatic hydroxyl groups excluding tert-OH is 1. The van der Waals surface area contributed by atoms with E-state index in [4.69, 9.17) is 4.74 Å². The minimum Gasteiger partial charge on any atom is -0.454 e. The molecule has 0 bridgehead atoms. The number of ether oxygens (including phenoxy) is 1. The quantitative estimate of drug-likeness (QED) is 0.803. The second kappa shape index (κ2) is 5.18. The number of halogens is 1. The molecule has 3 rings (SSSR count). The van der Waals surface area contributed by atoms with Crippen LogP contribution in [0.25, 0.3) is 11.0 Å². The van der Waals surface area contributed by atoms with Gasteiger partial charge in [-0.05, 0) is 36.8 Å². The van der Waals surface area contributed by atoms with Gasteiger partial charge in [-0.3, -0.25) is 0 Å². The predicted octanol–water partition coefficient (Wildman–Crippen LogP) is 3.31. The molecule has 1 aromatic heterocycles. The van der Waals surface area contributed by atoms with Gasteiger partial charge in [0, 0.05) is 13.1 Å². The van der Waals surface area contributed by atoms with Crippen LogP contribution in [0.4, 0.5) is 4.39 Å².